The number of rotatable bonds is 6. The first-order valence-corrected chi connectivity index (χ1v) is 9.41. The van der Waals surface area contributed by atoms with Gasteiger partial charge in [-0.25, -0.2) is 0 Å². The highest BCUT2D eigenvalue weighted by molar-refractivity contribution is 5.81. The zero-order valence-corrected chi connectivity index (χ0v) is 16.0. The Morgan fingerprint density at radius 2 is 1.85 bits per heavy atom. The van der Waals surface area contributed by atoms with Gasteiger partial charge in [0.05, 0.1) is 20.3 Å². The molecule has 3 atom stereocenters. The zero-order valence-electron chi connectivity index (χ0n) is 16.0. The summed E-state index contributed by atoms with van der Waals surface area (Å²) in [5.41, 5.74) is 1.10. The zero-order chi connectivity index (χ0) is 19.2. The van der Waals surface area contributed by atoms with Crippen molar-refractivity contribution < 1.29 is 23.8 Å². The van der Waals surface area contributed by atoms with Crippen molar-refractivity contribution in [2.75, 3.05) is 47.1 Å². The Bertz CT molecular complexity index is 642. The number of morpholine rings is 1. The van der Waals surface area contributed by atoms with E-state index in [-0.39, 0.29) is 36.3 Å². The van der Waals surface area contributed by atoms with E-state index in [1.54, 1.807) is 7.11 Å². The second-order valence-electron chi connectivity index (χ2n) is 7.09. The monoisotopic (exact) mass is 376 g/mol. The molecule has 1 saturated heterocycles. The first-order chi connectivity index (χ1) is 13.1. The average Bonchev–Trinajstić information content (AvgIpc) is 3.12. The standard InChI is InChI=1S/C20H28N2O5/c1-25-13-19(23)21-15-11-17(14-3-5-16(26-2)6-4-14)18(12-15)20(24)22-7-9-27-10-8-22/h3-6,15,17-18H,7-13H2,1-2H3,(H,21,23)/t15-,17+,18-/m0/s1. The third-order valence-electron chi connectivity index (χ3n) is 5.39. The first kappa shape index (κ1) is 19.6. The predicted octanol–water partition coefficient (Wildman–Crippen LogP) is 1.18. The highest BCUT2D eigenvalue weighted by atomic mass is 16.5. The number of nitrogens with one attached hydrogen (secondary N) is 1. The van der Waals surface area contributed by atoms with Gasteiger partial charge in [0.25, 0.3) is 0 Å². The SMILES string of the molecule is COCC(=O)N[C@@H]1C[C@H](C(=O)N2CCOCC2)[C@@H](c2ccc(OC)cc2)C1. The summed E-state index contributed by atoms with van der Waals surface area (Å²) in [5.74, 6) is 0.722. The number of benzene rings is 1. The topological polar surface area (TPSA) is 77.1 Å². The van der Waals surface area contributed by atoms with Crippen molar-refractivity contribution in [3.05, 3.63) is 29.8 Å². The number of methoxy groups -OCH3 is 2. The van der Waals surface area contributed by atoms with E-state index in [0.717, 1.165) is 17.7 Å². The second kappa shape index (κ2) is 9.19. The number of carbonyl (C=O) groups excluding carboxylic acids is 2. The van der Waals surface area contributed by atoms with E-state index in [2.05, 4.69) is 5.32 Å². The minimum Gasteiger partial charge on any atom is -0.497 e. The van der Waals surface area contributed by atoms with Gasteiger partial charge in [-0.2, -0.15) is 0 Å². The Morgan fingerprint density at radius 3 is 2.48 bits per heavy atom. The lowest BCUT2D eigenvalue weighted by Gasteiger charge is -2.31. The summed E-state index contributed by atoms with van der Waals surface area (Å²) in [5, 5.41) is 3.01. The van der Waals surface area contributed by atoms with Crippen molar-refractivity contribution >= 4 is 11.8 Å². The van der Waals surface area contributed by atoms with Crippen LogP contribution in [-0.2, 0) is 19.1 Å². The molecule has 7 nitrogen and oxygen atoms in total. The first-order valence-electron chi connectivity index (χ1n) is 9.41. The van der Waals surface area contributed by atoms with Crippen LogP contribution in [0, 0.1) is 5.92 Å². The molecular weight excluding hydrogens is 348 g/mol. The molecule has 0 aromatic heterocycles. The Hall–Kier alpha value is -2.12. The van der Waals surface area contributed by atoms with E-state index in [4.69, 9.17) is 14.2 Å². The summed E-state index contributed by atoms with van der Waals surface area (Å²) >= 11 is 0. The van der Waals surface area contributed by atoms with Crippen molar-refractivity contribution in [3.8, 4) is 5.75 Å². The summed E-state index contributed by atoms with van der Waals surface area (Å²) in [7, 11) is 3.13. The normalized spacial score (nSPS) is 25.3. The maximum atomic E-state index is 13.2. The minimum atomic E-state index is -0.149. The van der Waals surface area contributed by atoms with Gasteiger partial charge in [-0.3, -0.25) is 9.59 Å². The van der Waals surface area contributed by atoms with Gasteiger partial charge in [0, 0.05) is 32.2 Å². The molecule has 2 fully saturated rings. The summed E-state index contributed by atoms with van der Waals surface area (Å²) in [6.45, 7) is 2.46. The maximum absolute atomic E-state index is 13.2. The summed E-state index contributed by atoms with van der Waals surface area (Å²) in [6.07, 6.45) is 1.38. The van der Waals surface area contributed by atoms with Gasteiger partial charge in [0.1, 0.15) is 12.4 Å². The molecule has 7 heteroatoms. The van der Waals surface area contributed by atoms with E-state index in [1.807, 2.05) is 29.2 Å². The van der Waals surface area contributed by atoms with Crippen LogP contribution < -0.4 is 10.1 Å². The van der Waals surface area contributed by atoms with Gasteiger partial charge in [-0.05, 0) is 36.5 Å². The average molecular weight is 376 g/mol. The molecule has 0 spiro atoms. The van der Waals surface area contributed by atoms with Crippen molar-refractivity contribution in [1.82, 2.24) is 10.2 Å². The van der Waals surface area contributed by atoms with Gasteiger partial charge < -0.3 is 24.4 Å². The second-order valence-corrected chi connectivity index (χ2v) is 7.09. The molecule has 1 aliphatic carbocycles. The molecule has 1 aliphatic heterocycles. The highest BCUT2D eigenvalue weighted by Gasteiger charge is 2.42. The molecule has 1 aromatic rings. The summed E-state index contributed by atoms with van der Waals surface area (Å²) in [6, 6.07) is 7.84. The van der Waals surface area contributed by atoms with Gasteiger partial charge >= 0.3 is 0 Å². The summed E-state index contributed by atoms with van der Waals surface area (Å²) in [4.78, 5) is 27.0. The number of nitrogens with zero attached hydrogens (tertiary/aromatic N) is 1. The largest absolute Gasteiger partial charge is 0.497 e. The van der Waals surface area contributed by atoms with Gasteiger partial charge in [0.2, 0.25) is 11.8 Å². The molecule has 0 bridgehead atoms. The number of hydrogen-bond acceptors (Lipinski definition) is 5. The van der Waals surface area contributed by atoms with Crippen LogP contribution in [0.2, 0.25) is 0 Å². The summed E-state index contributed by atoms with van der Waals surface area (Å²) < 4.78 is 15.5. The molecule has 0 unspecified atom stereocenters. The minimum absolute atomic E-state index is 0.0326. The van der Waals surface area contributed by atoms with E-state index >= 15 is 0 Å². The van der Waals surface area contributed by atoms with Crippen LogP contribution in [0.1, 0.15) is 24.3 Å². The van der Waals surface area contributed by atoms with Crippen LogP contribution in [0.3, 0.4) is 0 Å². The van der Waals surface area contributed by atoms with Gasteiger partial charge in [0.15, 0.2) is 0 Å². The Kier molecular flexibility index (Phi) is 6.68. The van der Waals surface area contributed by atoms with Crippen molar-refractivity contribution in [1.29, 1.82) is 0 Å². The smallest absolute Gasteiger partial charge is 0.246 e. The highest BCUT2D eigenvalue weighted by Crippen LogP contribution is 2.41. The molecule has 0 radical (unpaired) electrons. The predicted molar refractivity (Wildman–Crippen MR) is 99.7 cm³/mol. The lowest BCUT2D eigenvalue weighted by molar-refractivity contribution is -0.140. The fourth-order valence-electron chi connectivity index (χ4n) is 4.07. The van der Waals surface area contributed by atoms with Crippen LogP contribution in [-0.4, -0.2) is 69.9 Å². The number of amides is 2. The molecule has 2 amide bonds. The Balaban J connectivity index is 1.77. The number of hydrogen-bond donors (Lipinski definition) is 1. The quantitative estimate of drug-likeness (QED) is 0.807. The molecule has 1 saturated carbocycles. The van der Waals surface area contributed by atoms with Gasteiger partial charge in [-0.15, -0.1) is 0 Å². The molecule has 1 N–H and O–H groups in total. The third-order valence-corrected chi connectivity index (χ3v) is 5.39. The van der Waals surface area contributed by atoms with Crippen LogP contribution in [0.25, 0.3) is 0 Å². The fourth-order valence-corrected chi connectivity index (χ4v) is 4.07. The van der Waals surface area contributed by atoms with Crippen molar-refractivity contribution in [2.24, 2.45) is 5.92 Å². The van der Waals surface area contributed by atoms with Crippen LogP contribution in [0.5, 0.6) is 5.75 Å². The number of carbonyl (C=O) groups is 2. The van der Waals surface area contributed by atoms with E-state index < -0.39 is 0 Å². The lowest BCUT2D eigenvalue weighted by atomic mass is 9.88. The molecule has 27 heavy (non-hydrogen) atoms. The lowest BCUT2D eigenvalue weighted by Crippen LogP contribution is -2.44. The van der Waals surface area contributed by atoms with Crippen LogP contribution in [0.15, 0.2) is 24.3 Å². The molecule has 1 aromatic carbocycles. The maximum Gasteiger partial charge on any atom is 0.246 e. The van der Waals surface area contributed by atoms with Crippen molar-refractivity contribution in [2.45, 2.75) is 24.8 Å². The molecule has 2 aliphatic rings. The molecule has 1 heterocycles. The van der Waals surface area contributed by atoms with Crippen LogP contribution in [0.4, 0.5) is 0 Å². The van der Waals surface area contributed by atoms with E-state index in [0.29, 0.717) is 32.7 Å². The fraction of sp³-hybridized carbons (Fsp3) is 0.600. The number of ether oxygens (including phenoxy) is 3. The van der Waals surface area contributed by atoms with E-state index in [1.165, 1.54) is 7.11 Å². The third kappa shape index (κ3) is 4.78. The Labute approximate surface area is 160 Å². The van der Waals surface area contributed by atoms with E-state index in [9.17, 15) is 9.59 Å². The van der Waals surface area contributed by atoms with Gasteiger partial charge in [-0.1, -0.05) is 12.1 Å². The van der Waals surface area contributed by atoms with Crippen molar-refractivity contribution in [3.63, 3.8) is 0 Å². The molecular formula is C20H28N2O5. The Morgan fingerprint density at radius 1 is 1.15 bits per heavy atom. The molecule has 148 valence electrons. The van der Waals surface area contributed by atoms with Crippen LogP contribution >= 0.6 is 0 Å². The molecule has 3 rings (SSSR count).